The summed E-state index contributed by atoms with van der Waals surface area (Å²) >= 11 is 3.25. The van der Waals surface area contributed by atoms with Crippen molar-refractivity contribution >= 4 is 27.5 Å². The molecular formula is C16H14BrFN2O. The van der Waals surface area contributed by atoms with Crippen molar-refractivity contribution in [3.63, 3.8) is 0 Å². The van der Waals surface area contributed by atoms with Gasteiger partial charge in [-0.2, -0.15) is 0 Å². The standard InChI is InChI=1S/C16H14BrFN2O/c17-10-7-12(18)15(16(19)21)14(8-10)20-13-6-5-9-3-1-2-4-11(9)13/h1-4,7-8,13,20H,5-6H2,(H2,19,21). The number of fused-ring (bicyclic) bond motifs is 1. The molecular weight excluding hydrogens is 335 g/mol. The summed E-state index contributed by atoms with van der Waals surface area (Å²) in [6.07, 6.45) is 1.88. The second-order valence-electron chi connectivity index (χ2n) is 5.11. The molecule has 3 N–H and O–H groups in total. The highest BCUT2D eigenvalue weighted by molar-refractivity contribution is 9.10. The molecule has 21 heavy (non-hydrogen) atoms. The van der Waals surface area contributed by atoms with Gasteiger partial charge in [-0.25, -0.2) is 4.39 Å². The summed E-state index contributed by atoms with van der Waals surface area (Å²) in [6, 6.07) is 11.1. The summed E-state index contributed by atoms with van der Waals surface area (Å²) in [5.74, 6) is -1.39. The first-order chi connectivity index (χ1) is 10.1. The molecule has 1 aliphatic carbocycles. The molecule has 0 saturated heterocycles. The van der Waals surface area contributed by atoms with Crippen molar-refractivity contribution in [2.75, 3.05) is 5.32 Å². The first kappa shape index (κ1) is 14.1. The van der Waals surface area contributed by atoms with E-state index in [1.807, 2.05) is 12.1 Å². The molecule has 108 valence electrons. The smallest absolute Gasteiger partial charge is 0.253 e. The third kappa shape index (κ3) is 2.65. The van der Waals surface area contributed by atoms with E-state index >= 15 is 0 Å². The predicted octanol–water partition coefficient (Wildman–Crippen LogP) is 3.79. The van der Waals surface area contributed by atoms with Crippen molar-refractivity contribution in [3.8, 4) is 0 Å². The predicted molar refractivity (Wildman–Crippen MR) is 83.7 cm³/mol. The third-order valence-electron chi connectivity index (χ3n) is 3.76. The van der Waals surface area contributed by atoms with Crippen LogP contribution in [0.1, 0.15) is 33.9 Å². The Kier molecular flexibility index (Phi) is 3.68. The maximum absolute atomic E-state index is 14.0. The second kappa shape index (κ2) is 5.48. The van der Waals surface area contributed by atoms with E-state index in [0.717, 1.165) is 12.8 Å². The number of rotatable bonds is 3. The first-order valence-electron chi connectivity index (χ1n) is 6.69. The molecule has 1 atom stereocenters. The van der Waals surface area contributed by atoms with Crippen molar-refractivity contribution in [1.29, 1.82) is 0 Å². The van der Waals surface area contributed by atoms with E-state index in [9.17, 15) is 9.18 Å². The highest BCUT2D eigenvalue weighted by Gasteiger charge is 2.24. The Labute approximate surface area is 130 Å². The first-order valence-corrected chi connectivity index (χ1v) is 7.48. The van der Waals surface area contributed by atoms with Crippen LogP contribution in [-0.2, 0) is 6.42 Å². The number of primary amides is 1. The van der Waals surface area contributed by atoms with E-state index in [-0.39, 0.29) is 11.6 Å². The monoisotopic (exact) mass is 348 g/mol. The van der Waals surface area contributed by atoms with Crippen LogP contribution in [0, 0.1) is 5.82 Å². The minimum absolute atomic E-state index is 0.0630. The fraction of sp³-hybridized carbons (Fsp3) is 0.188. The van der Waals surface area contributed by atoms with Crippen LogP contribution < -0.4 is 11.1 Å². The van der Waals surface area contributed by atoms with Gasteiger partial charge in [-0.1, -0.05) is 40.2 Å². The molecule has 0 heterocycles. The Hall–Kier alpha value is -1.88. The van der Waals surface area contributed by atoms with Gasteiger partial charge in [-0.15, -0.1) is 0 Å². The fourth-order valence-electron chi connectivity index (χ4n) is 2.83. The van der Waals surface area contributed by atoms with Crippen molar-refractivity contribution in [2.45, 2.75) is 18.9 Å². The van der Waals surface area contributed by atoms with Crippen LogP contribution in [0.15, 0.2) is 40.9 Å². The van der Waals surface area contributed by atoms with Gasteiger partial charge in [0.1, 0.15) is 5.82 Å². The molecule has 0 spiro atoms. The van der Waals surface area contributed by atoms with Crippen molar-refractivity contribution in [2.24, 2.45) is 5.73 Å². The molecule has 0 saturated carbocycles. The molecule has 3 nitrogen and oxygen atoms in total. The lowest BCUT2D eigenvalue weighted by Gasteiger charge is -2.18. The number of anilines is 1. The summed E-state index contributed by atoms with van der Waals surface area (Å²) in [4.78, 5) is 11.5. The van der Waals surface area contributed by atoms with Crippen LogP contribution >= 0.6 is 15.9 Å². The topological polar surface area (TPSA) is 55.1 Å². The van der Waals surface area contributed by atoms with Gasteiger partial charge < -0.3 is 11.1 Å². The van der Waals surface area contributed by atoms with Crippen LogP contribution in [0.2, 0.25) is 0 Å². The molecule has 0 radical (unpaired) electrons. The van der Waals surface area contributed by atoms with Crippen LogP contribution in [0.3, 0.4) is 0 Å². The zero-order valence-electron chi connectivity index (χ0n) is 11.2. The maximum atomic E-state index is 14.0. The number of carbonyl (C=O) groups excluding carboxylic acids is 1. The molecule has 0 aromatic heterocycles. The van der Waals surface area contributed by atoms with Gasteiger partial charge >= 0.3 is 0 Å². The number of aryl methyl sites for hydroxylation is 1. The molecule has 3 rings (SSSR count). The molecule has 1 unspecified atom stereocenters. The molecule has 0 aliphatic heterocycles. The molecule has 1 amide bonds. The highest BCUT2D eigenvalue weighted by atomic mass is 79.9. The van der Waals surface area contributed by atoms with E-state index < -0.39 is 11.7 Å². The van der Waals surface area contributed by atoms with E-state index in [0.29, 0.717) is 10.2 Å². The van der Waals surface area contributed by atoms with Crippen LogP contribution in [0.5, 0.6) is 0 Å². The lowest BCUT2D eigenvalue weighted by molar-refractivity contribution is 0.0997. The Bertz CT molecular complexity index is 717. The molecule has 0 fully saturated rings. The minimum Gasteiger partial charge on any atom is -0.377 e. The van der Waals surface area contributed by atoms with Crippen LogP contribution in [0.25, 0.3) is 0 Å². The molecule has 0 bridgehead atoms. The van der Waals surface area contributed by atoms with Crippen molar-refractivity contribution in [1.82, 2.24) is 0 Å². The number of hydrogen-bond donors (Lipinski definition) is 2. The fourth-order valence-corrected chi connectivity index (χ4v) is 3.26. The summed E-state index contributed by atoms with van der Waals surface area (Å²) in [5, 5.41) is 3.26. The average Bonchev–Trinajstić information content (AvgIpc) is 2.81. The Morgan fingerprint density at radius 1 is 1.33 bits per heavy atom. The quantitative estimate of drug-likeness (QED) is 0.886. The highest BCUT2D eigenvalue weighted by Crippen LogP contribution is 2.35. The van der Waals surface area contributed by atoms with Crippen LogP contribution in [-0.4, -0.2) is 5.91 Å². The van der Waals surface area contributed by atoms with Gasteiger partial charge in [-0.3, -0.25) is 4.79 Å². The summed E-state index contributed by atoms with van der Waals surface area (Å²) in [6.45, 7) is 0. The Morgan fingerprint density at radius 3 is 2.86 bits per heavy atom. The molecule has 2 aromatic carbocycles. The van der Waals surface area contributed by atoms with Gasteiger partial charge in [0.15, 0.2) is 0 Å². The molecule has 2 aromatic rings. The zero-order chi connectivity index (χ0) is 15.0. The van der Waals surface area contributed by atoms with E-state index in [2.05, 4.69) is 33.4 Å². The van der Waals surface area contributed by atoms with Crippen molar-refractivity contribution < 1.29 is 9.18 Å². The number of nitrogens with two attached hydrogens (primary N) is 1. The lowest BCUT2D eigenvalue weighted by Crippen LogP contribution is -2.18. The Balaban J connectivity index is 1.98. The van der Waals surface area contributed by atoms with Crippen molar-refractivity contribution in [3.05, 3.63) is 63.4 Å². The normalized spacial score (nSPS) is 16.6. The molecule has 1 aliphatic rings. The van der Waals surface area contributed by atoms with Gasteiger partial charge in [0.25, 0.3) is 5.91 Å². The Morgan fingerprint density at radius 2 is 2.10 bits per heavy atom. The van der Waals surface area contributed by atoms with Gasteiger partial charge in [0.05, 0.1) is 17.3 Å². The number of hydrogen-bond acceptors (Lipinski definition) is 2. The van der Waals surface area contributed by atoms with Gasteiger partial charge in [-0.05, 0) is 36.1 Å². The lowest BCUT2D eigenvalue weighted by atomic mass is 10.1. The summed E-state index contributed by atoms with van der Waals surface area (Å²) in [7, 11) is 0. The minimum atomic E-state index is -0.770. The van der Waals surface area contributed by atoms with E-state index in [4.69, 9.17) is 5.73 Å². The van der Waals surface area contributed by atoms with E-state index in [1.54, 1.807) is 6.07 Å². The number of carbonyl (C=O) groups is 1. The number of nitrogens with one attached hydrogen (secondary N) is 1. The SMILES string of the molecule is NC(=O)c1c(F)cc(Br)cc1NC1CCc2ccccc21. The average molecular weight is 349 g/mol. The summed E-state index contributed by atoms with van der Waals surface area (Å²) in [5.41, 5.74) is 8.10. The number of benzene rings is 2. The maximum Gasteiger partial charge on any atom is 0.253 e. The second-order valence-corrected chi connectivity index (χ2v) is 6.02. The zero-order valence-corrected chi connectivity index (χ0v) is 12.8. The van der Waals surface area contributed by atoms with Gasteiger partial charge in [0, 0.05) is 4.47 Å². The number of amides is 1. The van der Waals surface area contributed by atoms with Gasteiger partial charge in [0.2, 0.25) is 0 Å². The summed E-state index contributed by atoms with van der Waals surface area (Å²) < 4.78 is 14.5. The third-order valence-corrected chi connectivity index (χ3v) is 4.22. The van der Waals surface area contributed by atoms with Crippen LogP contribution in [0.4, 0.5) is 10.1 Å². The van der Waals surface area contributed by atoms with E-state index in [1.165, 1.54) is 17.2 Å². The number of halogens is 2. The largest absolute Gasteiger partial charge is 0.377 e. The molecule has 5 heteroatoms.